The predicted molar refractivity (Wildman–Crippen MR) is 66.1 cm³/mol. The second kappa shape index (κ2) is 5.24. The molecule has 2 aromatic rings. The zero-order chi connectivity index (χ0) is 14.0. The van der Waals surface area contributed by atoms with Crippen LogP contribution in [0.1, 0.15) is 0 Å². The molecule has 2 rings (SSSR count). The second-order valence-corrected chi connectivity index (χ2v) is 6.18. The third kappa shape index (κ3) is 3.49. The topological polar surface area (TPSA) is 73.1 Å². The Hall–Kier alpha value is -1.51. The van der Waals surface area contributed by atoms with Crippen molar-refractivity contribution in [2.75, 3.05) is 0 Å². The molecule has 0 bridgehead atoms. The van der Waals surface area contributed by atoms with Crippen LogP contribution >= 0.6 is 11.8 Å². The van der Waals surface area contributed by atoms with Crippen LogP contribution in [-0.4, -0.2) is 13.4 Å². The first kappa shape index (κ1) is 13.9. The van der Waals surface area contributed by atoms with E-state index in [1.165, 1.54) is 18.2 Å². The van der Waals surface area contributed by atoms with Gasteiger partial charge in [-0.15, -0.1) is 0 Å². The third-order valence-corrected chi connectivity index (χ3v) is 4.05. The highest BCUT2D eigenvalue weighted by Gasteiger charge is 2.10. The number of primary sulfonamides is 1. The van der Waals surface area contributed by atoms with Crippen molar-refractivity contribution in [2.45, 2.75) is 14.8 Å². The Labute approximate surface area is 112 Å². The van der Waals surface area contributed by atoms with Gasteiger partial charge in [-0.25, -0.2) is 27.3 Å². The lowest BCUT2D eigenvalue weighted by Gasteiger charge is -2.03. The molecule has 0 aliphatic rings. The van der Waals surface area contributed by atoms with Crippen molar-refractivity contribution in [3.8, 4) is 0 Å². The van der Waals surface area contributed by atoms with E-state index in [2.05, 4.69) is 4.98 Å². The number of benzene rings is 1. The van der Waals surface area contributed by atoms with E-state index in [9.17, 15) is 17.2 Å². The summed E-state index contributed by atoms with van der Waals surface area (Å²) in [7, 11) is -3.80. The fourth-order valence-electron chi connectivity index (χ4n) is 1.27. The van der Waals surface area contributed by atoms with Gasteiger partial charge in [0.2, 0.25) is 10.0 Å². The maximum absolute atomic E-state index is 13.4. The molecule has 0 aliphatic carbocycles. The monoisotopic (exact) mass is 302 g/mol. The Bertz CT molecular complexity index is 703. The van der Waals surface area contributed by atoms with Gasteiger partial charge in [-0.1, -0.05) is 11.8 Å². The minimum absolute atomic E-state index is 0.128. The number of aromatic nitrogens is 1. The van der Waals surface area contributed by atoms with Gasteiger partial charge >= 0.3 is 0 Å². The number of halogens is 2. The number of pyridine rings is 1. The summed E-state index contributed by atoms with van der Waals surface area (Å²) < 4.78 is 48.2. The summed E-state index contributed by atoms with van der Waals surface area (Å²) in [6, 6.07) is 5.84. The molecule has 1 aromatic carbocycles. The standard InChI is InChI=1S/C11H8F2N2O2S2/c12-7-1-3-10(9(13)5-7)18-11-4-2-8(6-15-11)19(14,16)17/h1-6H,(H2,14,16,17). The number of nitrogens with two attached hydrogens (primary N) is 1. The van der Waals surface area contributed by atoms with Gasteiger partial charge in [0.1, 0.15) is 21.6 Å². The van der Waals surface area contributed by atoms with Gasteiger partial charge in [-0.05, 0) is 24.3 Å². The van der Waals surface area contributed by atoms with E-state index in [-0.39, 0.29) is 9.79 Å². The van der Waals surface area contributed by atoms with Crippen LogP contribution < -0.4 is 5.14 Å². The molecule has 0 fully saturated rings. The van der Waals surface area contributed by atoms with Gasteiger partial charge in [0, 0.05) is 17.2 Å². The molecule has 0 spiro atoms. The van der Waals surface area contributed by atoms with Gasteiger partial charge in [-0.3, -0.25) is 0 Å². The van der Waals surface area contributed by atoms with Gasteiger partial charge in [0.15, 0.2) is 0 Å². The van der Waals surface area contributed by atoms with Crippen LogP contribution in [0.3, 0.4) is 0 Å². The molecular weight excluding hydrogens is 294 g/mol. The SMILES string of the molecule is NS(=O)(=O)c1ccc(Sc2ccc(F)cc2F)nc1. The summed E-state index contributed by atoms with van der Waals surface area (Å²) in [5, 5.41) is 5.30. The molecule has 0 amide bonds. The van der Waals surface area contributed by atoms with E-state index in [1.807, 2.05) is 0 Å². The van der Waals surface area contributed by atoms with Crippen LogP contribution in [0.15, 0.2) is 51.3 Å². The molecule has 19 heavy (non-hydrogen) atoms. The molecule has 4 nitrogen and oxygen atoms in total. The molecule has 0 unspecified atom stereocenters. The maximum atomic E-state index is 13.4. The summed E-state index contributed by atoms with van der Waals surface area (Å²) in [6.45, 7) is 0. The Morgan fingerprint density at radius 1 is 1.16 bits per heavy atom. The number of nitrogens with zero attached hydrogens (tertiary/aromatic N) is 1. The van der Waals surface area contributed by atoms with Crippen LogP contribution in [0.25, 0.3) is 0 Å². The van der Waals surface area contributed by atoms with E-state index in [1.54, 1.807) is 0 Å². The maximum Gasteiger partial charge on any atom is 0.239 e. The lowest BCUT2D eigenvalue weighted by Crippen LogP contribution is -2.12. The Morgan fingerprint density at radius 3 is 2.42 bits per heavy atom. The molecule has 100 valence electrons. The lowest BCUT2D eigenvalue weighted by atomic mass is 10.3. The van der Waals surface area contributed by atoms with Gasteiger partial charge in [0.05, 0.1) is 0 Å². The summed E-state index contributed by atoms with van der Waals surface area (Å²) >= 11 is 0.954. The Morgan fingerprint density at radius 2 is 1.89 bits per heavy atom. The molecule has 0 atom stereocenters. The van der Waals surface area contributed by atoms with Crippen molar-refractivity contribution >= 4 is 21.8 Å². The zero-order valence-electron chi connectivity index (χ0n) is 9.38. The first-order valence-corrected chi connectivity index (χ1v) is 7.34. The number of hydrogen-bond acceptors (Lipinski definition) is 4. The highest BCUT2D eigenvalue weighted by atomic mass is 32.2. The third-order valence-electron chi connectivity index (χ3n) is 2.15. The normalized spacial score (nSPS) is 11.5. The highest BCUT2D eigenvalue weighted by molar-refractivity contribution is 7.99. The quantitative estimate of drug-likeness (QED) is 0.943. The van der Waals surface area contributed by atoms with Crippen molar-refractivity contribution < 1.29 is 17.2 Å². The van der Waals surface area contributed by atoms with Crippen LogP contribution in [0.2, 0.25) is 0 Å². The summed E-state index contributed by atoms with van der Waals surface area (Å²) in [4.78, 5) is 3.91. The van der Waals surface area contributed by atoms with E-state index < -0.39 is 21.7 Å². The van der Waals surface area contributed by atoms with Crippen molar-refractivity contribution in [1.29, 1.82) is 0 Å². The minimum atomic E-state index is -3.80. The van der Waals surface area contributed by atoms with Crippen molar-refractivity contribution in [2.24, 2.45) is 5.14 Å². The van der Waals surface area contributed by atoms with Gasteiger partial charge in [0.25, 0.3) is 0 Å². The first-order valence-electron chi connectivity index (χ1n) is 4.98. The van der Waals surface area contributed by atoms with Crippen LogP contribution in [0.4, 0.5) is 8.78 Å². The molecule has 8 heteroatoms. The predicted octanol–water partition coefficient (Wildman–Crippen LogP) is 2.16. The molecule has 1 aromatic heterocycles. The van der Waals surface area contributed by atoms with Crippen LogP contribution in [0, 0.1) is 11.6 Å². The van der Waals surface area contributed by atoms with Crippen molar-refractivity contribution in [3.05, 3.63) is 48.2 Å². The zero-order valence-corrected chi connectivity index (χ0v) is 11.0. The van der Waals surface area contributed by atoms with Crippen molar-refractivity contribution in [3.63, 3.8) is 0 Å². The van der Waals surface area contributed by atoms with E-state index >= 15 is 0 Å². The molecule has 0 aliphatic heterocycles. The summed E-state index contributed by atoms with van der Waals surface area (Å²) in [5.41, 5.74) is 0. The molecule has 0 saturated carbocycles. The Balaban J connectivity index is 2.25. The lowest BCUT2D eigenvalue weighted by molar-refractivity contribution is 0.565. The molecule has 0 saturated heterocycles. The summed E-state index contributed by atoms with van der Waals surface area (Å²) in [5.74, 6) is -1.37. The number of sulfonamides is 1. The molecule has 0 radical (unpaired) electrons. The smallest absolute Gasteiger partial charge is 0.239 e. The average molecular weight is 302 g/mol. The second-order valence-electron chi connectivity index (χ2n) is 3.55. The van der Waals surface area contributed by atoms with E-state index in [0.717, 1.165) is 30.1 Å². The van der Waals surface area contributed by atoms with Crippen molar-refractivity contribution in [1.82, 2.24) is 4.98 Å². The number of hydrogen-bond donors (Lipinski definition) is 1. The molecule has 2 N–H and O–H groups in total. The van der Waals surface area contributed by atoms with Crippen LogP contribution in [0.5, 0.6) is 0 Å². The highest BCUT2D eigenvalue weighted by Crippen LogP contribution is 2.28. The molecular formula is C11H8F2N2O2S2. The minimum Gasteiger partial charge on any atom is -0.248 e. The van der Waals surface area contributed by atoms with E-state index in [0.29, 0.717) is 5.03 Å². The van der Waals surface area contributed by atoms with Gasteiger partial charge < -0.3 is 0 Å². The summed E-state index contributed by atoms with van der Waals surface area (Å²) in [6.07, 6.45) is 1.08. The van der Waals surface area contributed by atoms with Crippen LogP contribution in [-0.2, 0) is 10.0 Å². The Kier molecular flexibility index (Phi) is 3.83. The fraction of sp³-hybridized carbons (Fsp3) is 0. The van der Waals surface area contributed by atoms with E-state index in [4.69, 9.17) is 5.14 Å². The van der Waals surface area contributed by atoms with Gasteiger partial charge in [-0.2, -0.15) is 0 Å². The number of rotatable bonds is 3. The molecule has 1 heterocycles. The average Bonchev–Trinajstić information content (AvgIpc) is 2.32. The fourth-order valence-corrected chi connectivity index (χ4v) is 2.48. The largest absolute Gasteiger partial charge is 0.248 e. The first-order chi connectivity index (χ1) is 8.86.